The Hall–Kier alpha value is -0.850. The lowest BCUT2D eigenvalue weighted by Gasteiger charge is -2.32. The van der Waals surface area contributed by atoms with Gasteiger partial charge in [0.25, 0.3) is 10.0 Å². The normalized spacial score (nSPS) is 24.8. The average molecular weight is 286 g/mol. The van der Waals surface area contributed by atoms with E-state index in [1.807, 2.05) is 0 Å². The number of hydrogen-bond donors (Lipinski definition) is 1. The first-order valence-electron chi connectivity index (χ1n) is 6.72. The molecular formula is C13H22N2O3S. The van der Waals surface area contributed by atoms with Gasteiger partial charge in [-0.05, 0) is 43.7 Å². The largest absolute Gasteiger partial charge is 0.447 e. The molecule has 0 atom stereocenters. The fourth-order valence-electron chi connectivity index (χ4n) is 2.55. The van der Waals surface area contributed by atoms with E-state index >= 15 is 0 Å². The van der Waals surface area contributed by atoms with E-state index in [0.717, 1.165) is 25.7 Å². The monoisotopic (exact) mass is 286 g/mol. The first kappa shape index (κ1) is 14.6. The van der Waals surface area contributed by atoms with Crippen molar-refractivity contribution in [2.45, 2.75) is 50.3 Å². The third-order valence-electron chi connectivity index (χ3n) is 3.97. The molecule has 5 nitrogen and oxygen atoms in total. The Morgan fingerprint density at radius 2 is 1.95 bits per heavy atom. The number of furan rings is 1. The molecule has 0 radical (unpaired) electrons. The maximum atomic E-state index is 12.4. The summed E-state index contributed by atoms with van der Waals surface area (Å²) in [4.78, 5) is 0. The standard InChI is InChI=1S/C13H22N2O3S/c1-10-3-5-11(6-4-10)15(2)19(16,17)13-8-7-12(9-14)18-13/h7-8,10-11H,3-6,9,14H2,1-2H3. The van der Waals surface area contributed by atoms with E-state index in [-0.39, 0.29) is 17.7 Å². The van der Waals surface area contributed by atoms with Crippen molar-refractivity contribution in [3.63, 3.8) is 0 Å². The van der Waals surface area contributed by atoms with Gasteiger partial charge in [-0.1, -0.05) is 6.92 Å². The van der Waals surface area contributed by atoms with E-state index in [1.54, 1.807) is 13.1 Å². The molecule has 0 spiro atoms. The van der Waals surface area contributed by atoms with Crippen LogP contribution >= 0.6 is 0 Å². The second kappa shape index (κ2) is 5.64. The van der Waals surface area contributed by atoms with Gasteiger partial charge in [-0.15, -0.1) is 0 Å². The van der Waals surface area contributed by atoms with Crippen molar-refractivity contribution in [3.8, 4) is 0 Å². The van der Waals surface area contributed by atoms with Gasteiger partial charge < -0.3 is 10.2 Å². The van der Waals surface area contributed by atoms with Gasteiger partial charge in [0.15, 0.2) is 0 Å². The number of nitrogens with two attached hydrogens (primary N) is 1. The Labute approximate surface area is 114 Å². The Morgan fingerprint density at radius 1 is 1.32 bits per heavy atom. The van der Waals surface area contributed by atoms with Crippen LogP contribution in [0.3, 0.4) is 0 Å². The van der Waals surface area contributed by atoms with Gasteiger partial charge in [0.2, 0.25) is 5.09 Å². The zero-order valence-corrected chi connectivity index (χ0v) is 12.3. The lowest BCUT2D eigenvalue weighted by Crippen LogP contribution is -2.39. The van der Waals surface area contributed by atoms with Crippen LogP contribution in [0, 0.1) is 5.92 Å². The highest BCUT2D eigenvalue weighted by Crippen LogP contribution is 2.29. The number of rotatable bonds is 4. The fraction of sp³-hybridized carbons (Fsp3) is 0.692. The van der Waals surface area contributed by atoms with E-state index in [4.69, 9.17) is 10.2 Å². The summed E-state index contributed by atoms with van der Waals surface area (Å²) in [6.45, 7) is 2.42. The second-order valence-electron chi connectivity index (χ2n) is 5.36. The highest BCUT2D eigenvalue weighted by Gasteiger charge is 2.32. The minimum atomic E-state index is -3.53. The molecule has 0 aliphatic heterocycles. The Morgan fingerprint density at radius 3 is 2.47 bits per heavy atom. The van der Waals surface area contributed by atoms with Crippen LogP contribution in [0.5, 0.6) is 0 Å². The van der Waals surface area contributed by atoms with Crippen LogP contribution in [0.2, 0.25) is 0 Å². The number of hydrogen-bond acceptors (Lipinski definition) is 4. The molecule has 1 aliphatic carbocycles. The summed E-state index contributed by atoms with van der Waals surface area (Å²) in [6, 6.07) is 3.18. The van der Waals surface area contributed by atoms with Gasteiger partial charge in [0, 0.05) is 13.1 Å². The highest BCUT2D eigenvalue weighted by atomic mass is 32.2. The molecule has 0 unspecified atom stereocenters. The first-order valence-corrected chi connectivity index (χ1v) is 8.16. The third-order valence-corrected chi connectivity index (χ3v) is 5.76. The van der Waals surface area contributed by atoms with Gasteiger partial charge in [0.1, 0.15) is 5.76 Å². The van der Waals surface area contributed by atoms with Gasteiger partial charge in [-0.2, -0.15) is 4.31 Å². The van der Waals surface area contributed by atoms with Crippen molar-refractivity contribution in [2.75, 3.05) is 7.05 Å². The van der Waals surface area contributed by atoms with Crippen molar-refractivity contribution in [3.05, 3.63) is 17.9 Å². The second-order valence-corrected chi connectivity index (χ2v) is 7.29. The minimum Gasteiger partial charge on any atom is -0.447 e. The first-order chi connectivity index (χ1) is 8.95. The molecule has 1 aliphatic rings. The molecule has 0 aromatic carbocycles. The topological polar surface area (TPSA) is 76.5 Å². The van der Waals surface area contributed by atoms with Crippen LogP contribution in [-0.4, -0.2) is 25.8 Å². The van der Waals surface area contributed by atoms with Crippen LogP contribution in [0.25, 0.3) is 0 Å². The lowest BCUT2D eigenvalue weighted by molar-refractivity contribution is 0.242. The summed E-state index contributed by atoms with van der Waals surface area (Å²) in [5.41, 5.74) is 5.44. The summed E-state index contributed by atoms with van der Waals surface area (Å²) in [5.74, 6) is 1.18. The van der Waals surface area contributed by atoms with E-state index in [9.17, 15) is 8.42 Å². The summed E-state index contributed by atoms with van der Waals surface area (Å²) in [5, 5.41) is -0.00549. The van der Waals surface area contributed by atoms with Gasteiger partial charge >= 0.3 is 0 Å². The molecule has 1 saturated carbocycles. The van der Waals surface area contributed by atoms with E-state index in [2.05, 4.69) is 6.92 Å². The zero-order chi connectivity index (χ0) is 14.0. The van der Waals surface area contributed by atoms with Gasteiger partial charge in [0.05, 0.1) is 6.54 Å². The zero-order valence-electron chi connectivity index (χ0n) is 11.5. The van der Waals surface area contributed by atoms with Crippen molar-refractivity contribution in [1.29, 1.82) is 0 Å². The van der Waals surface area contributed by atoms with Crippen LogP contribution in [0.1, 0.15) is 38.4 Å². The Kier molecular flexibility index (Phi) is 4.32. The number of nitrogens with zero attached hydrogens (tertiary/aromatic N) is 1. The Bertz CT molecular complexity index is 516. The minimum absolute atomic E-state index is 0.00549. The summed E-state index contributed by atoms with van der Waals surface area (Å²) in [7, 11) is -1.89. The third kappa shape index (κ3) is 3.01. The van der Waals surface area contributed by atoms with Crippen molar-refractivity contribution in [1.82, 2.24) is 4.31 Å². The van der Waals surface area contributed by atoms with Crippen LogP contribution < -0.4 is 5.73 Å². The lowest BCUT2D eigenvalue weighted by atomic mass is 9.87. The predicted octanol–water partition coefficient (Wildman–Crippen LogP) is 1.94. The fourth-order valence-corrected chi connectivity index (χ4v) is 3.89. The van der Waals surface area contributed by atoms with Crippen molar-refractivity contribution >= 4 is 10.0 Å². The van der Waals surface area contributed by atoms with Crippen LogP contribution in [0.15, 0.2) is 21.6 Å². The van der Waals surface area contributed by atoms with Crippen molar-refractivity contribution in [2.24, 2.45) is 11.7 Å². The molecule has 1 heterocycles. The smallest absolute Gasteiger partial charge is 0.276 e. The molecule has 2 rings (SSSR count). The maximum absolute atomic E-state index is 12.4. The summed E-state index contributed by atoms with van der Waals surface area (Å²) in [6.07, 6.45) is 4.00. The summed E-state index contributed by atoms with van der Waals surface area (Å²) >= 11 is 0. The molecule has 2 N–H and O–H groups in total. The molecule has 6 heteroatoms. The summed E-state index contributed by atoms with van der Waals surface area (Å²) < 4.78 is 31.6. The molecule has 0 saturated heterocycles. The molecule has 0 amide bonds. The quantitative estimate of drug-likeness (QED) is 0.917. The van der Waals surface area contributed by atoms with E-state index in [1.165, 1.54) is 10.4 Å². The van der Waals surface area contributed by atoms with Crippen LogP contribution in [0.4, 0.5) is 0 Å². The Balaban J connectivity index is 2.14. The average Bonchev–Trinajstić information content (AvgIpc) is 2.88. The molecule has 108 valence electrons. The van der Waals surface area contributed by atoms with E-state index in [0.29, 0.717) is 11.7 Å². The van der Waals surface area contributed by atoms with Crippen molar-refractivity contribution < 1.29 is 12.8 Å². The molecule has 1 aromatic heterocycles. The molecule has 1 aromatic rings. The number of sulfonamides is 1. The van der Waals surface area contributed by atoms with Gasteiger partial charge in [-0.3, -0.25) is 0 Å². The van der Waals surface area contributed by atoms with Crippen LogP contribution in [-0.2, 0) is 16.6 Å². The highest BCUT2D eigenvalue weighted by molar-refractivity contribution is 7.89. The van der Waals surface area contributed by atoms with E-state index < -0.39 is 10.0 Å². The molecule has 0 bridgehead atoms. The molecule has 19 heavy (non-hydrogen) atoms. The molecular weight excluding hydrogens is 264 g/mol. The SMILES string of the molecule is CC1CCC(N(C)S(=O)(=O)c2ccc(CN)o2)CC1. The van der Waals surface area contributed by atoms with Gasteiger partial charge in [-0.25, -0.2) is 8.42 Å². The predicted molar refractivity (Wildman–Crippen MR) is 73.0 cm³/mol. The molecule has 1 fully saturated rings. The maximum Gasteiger partial charge on any atom is 0.276 e.